The zero-order valence-electron chi connectivity index (χ0n) is 18.9. The molecule has 3 atom stereocenters. The molecule has 6 heteroatoms. The van der Waals surface area contributed by atoms with E-state index < -0.39 is 0 Å². The van der Waals surface area contributed by atoms with Crippen LogP contribution in [0.5, 0.6) is 5.88 Å². The fourth-order valence-corrected chi connectivity index (χ4v) is 3.89. The van der Waals surface area contributed by atoms with E-state index in [9.17, 15) is 9.90 Å². The van der Waals surface area contributed by atoms with Gasteiger partial charge in [0.25, 0.3) is 5.91 Å². The van der Waals surface area contributed by atoms with Gasteiger partial charge in [0.2, 0.25) is 5.88 Å². The number of amides is 1. The molecule has 0 spiro atoms. The Labute approximate surface area is 185 Å². The molecule has 1 aliphatic heterocycles. The standard InChI is InChI=1S/C25H33N3O3/c1-5-9-21-12-22-24(26-13-21)31-23(16-27(4)15-20-10-7-6-8-11-20)18(2)14-28(25(22)30)19(3)17-29/h5-13,18-19,23,29H,14-17H2,1-4H3/b9-5+/t18-,19+,23+/m0/s1. The highest BCUT2D eigenvalue weighted by Crippen LogP contribution is 2.27. The van der Waals surface area contributed by atoms with Crippen molar-refractivity contribution in [2.24, 2.45) is 5.92 Å². The highest BCUT2D eigenvalue weighted by molar-refractivity contribution is 5.97. The molecule has 1 aliphatic rings. The van der Waals surface area contributed by atoms with Crippen LogP contribution in [0, 0.1) is 5.92 Å². The predicted octanol–water partition coefficient (Wildman–Crippen LogP) is 3.47. The van der Waals surface area contributed by atoms with Gasteiger partial charge in [-0.25, -0.2) is 4.98 Å². The van der Waals surface area contributed by atoms with Crippen molar-refractivity contribution in [3.05, 3.63) is 65.4 Å². The molecule has 0 radical (unpaired) electrons. The third-order valence-electron chi connectivity index (χ3n) is 5.69. The van der Waals surface area contributed by atoms with Gasteiger partial charge in [-0.3, -0.25) is 9.69 Å². The maximum atomic E-state index is 13.3. The number of nitrogens with zero attached hydrogens (tertiary/aromatic N) is 3. The van der Waals surface area contributed by atoms with Crippen molar-refractivity contribution in [3.63, 3.8) is 0 Å². The van der Waals surface area contributed by atoms with E-state index in [4.69, 9.17) is 4.74 Å². The maximum absolute atomic E-state index is 13.3. The number of pyridine rings is 1. The average molecular weight is 424 g/mol. The summed E-state index contributed by atoms with van der Waals surface area (Å²) >= 11 is 0. The molecule has 1 aromatic heterocycles. The number of rotatable bonds is 7. The van der Waals surface area contributed by atoms with Gasteiger partial charge in [-0.05, 0) is 38.1 Å². The number of aliphatic hydroxyl groups excluding tert-OH is 1. The summed E-state index contributed by atoms with van der Waals surface area (Å²) in [6.45, 7) is 7.81. The van der Waals surface area contributed by atoms with Crippen molar-refractivity contribution in [1.29, 1.82) is 0 Å². The molecule has 1 aromatic carbocycles. The van der Waals surface area contributed by atoms with Gasteiger partial charge >= 0.3 is 0 Å². The summed E-state index contributed by atoms with van der Waals surface area (Å²) in [5.41, 5.74) is 2.53. The molecule has 0 aliphatic carbocycles. The van der Waals surface area contributed by atoms with Crippen LogP contribution in [-0.4, -0.2) is 64.7 Å². The monoisotopic (exact) mass is 423 g/mol. The molecule has 166 valence electrons. The van der Waals surface area contributed by atoms with Gasteiger partial charge < -0.3 is 14.7 Å². The lowest BCUT2D eigenvalue weighted by Gasteiger charge is -2.37. The fraction of sp³-hybridized carbons (Fsp3) is 0.440. The summed E-state index contributed by atoms with van der Waals surface area (Å²) in [6.07, 6.45) is 5.40. The highest BCUT2D eigenvalue weighted by Gasteiger charge is 2.34. The molecule has 31 heavy (non-hydrogen) atoms. The van der Waals surface area contributed by atoms with Crippen LogP contribution >= 0.6 is 0 Å². The smallest absolute Gasteiger partial charge is 0.259 e. The molecule has 0 fully saturated rings. The SMILES string of the molecule is C/C=C/c1cnc2c(c1)C(=O)N([C@H](C)CO)C[C@H](C)[C@@H](CN(C)Cc1ccccc1)O2. The summed E-state index contributed by atoms with van der Waals surface area (Å²) in [5, 5.41) is 9.76. The molecule has 3 rings (SSSR count). The predicted molar refractivity (Wildman–Crippen MR) is 123 cm³/mol. The molecule has 0 bridgehead atoms. The van der Waals surface area contributed by atoms with Crippen molar-refractivity contribution in [1.82, 2.24) is 14.8 Å². The van der Waals surface area contributed by atoms with E-state index in [-0.39, 0.29) is 30.6 Å². The zero-order valence-corrected chi connectivity index (χ0v) is 18.9. The van der Waals surface area contributed by atoms with Gasteiger partial charge in [0.1, 0.15) is 11.7 Å². The van der Waals surface area contributed by atoms with Crippen LogP contribution < -0.4 is 4.74 Å². The van der Waals surface area contributed by atoms with Crippen molar-refractivity contribution < 1.29 is 14.6 Å². The Bertz CT molecular complexity index is 900. The zero-order chi connectivity index (χ0) is 22.4. The first kappa shape index (κ1) is 23.0. The molecule has 0 unspecified atom stereocenters. The first-order valence-electron chi connectivity index (χ1n) is 10.9. The second kappa shape index (κ2) is 10.6. The summed E-state index contributed by atoms with van der Waals surface area (Å²) in [4.78, 5) is 21.8. The lowest BCUT2D eigenvalue weighted by Crippen LogP contribution is -2.49. The van der Waals surface area contributed by atoms with Crippen molar-refractivity contribution in [2.45, 2.75) is 39.5 Å². The number of fused-ring (bicyclic) bond motifs is 1. The molecule has 1 amide bonds. The molecule has 1 N–H and O–H groups in total. The van der Waals surface area contributed by atoms with E-state index in [2.05, 4.69) is 36.0 Å². The van der Waals surface area contributed by atoms with Gasteiger partial charge in [-0.1, -0.05) is 49.4 Å². The number of hydrogen-bond acceptors (Lipinski definition) is 5. The number of aromatic nitrogens is 1. The van der Waals surface area contributed by atoms with E-state index in [0.29, 0.717) is 24.5 Å². The Morgan fingerprint density at radius 3 is 2.77 bits per heavy atom. The fourth-order valence-electron chi connectivity index (χ4n) is 3.89. The maximum Gasteiger partial charge on any atom is 0.259 e. The molecular formula is C25H33N3O3. The highest BCUT2D eigenvalue weighted by atomic mass is 16.5. The number of allylic oxidation sites excluding steroid dienone is 1. The Kier molecular flexibility index (Phi) is 7.82. The van der Waals surface area contributed by atoms with Crippen LogP contribution in [0.2, 0.25) is 0 Å². The molecule has 2 heterocycles. The Balaban J connectivity index is 1.89. The van der Waals surface area contributed by atoms with Crippen LogP contribution in [0.4, 0.5) is 0 Å². The Morgan fingerprint density at radius 2 is 2.10 bits per heavy atom. The van der Waals surface area contributed by atoms with Gasteiger partial charge in [-0.15, -0.1) is 0 Å². The lowest BCUT2D eigenvalue weighted by molar-refractivity contribution is 0.0325. The van der Waals surface area contributed by atoms with E-state index in [1.165, 1.54) is 5.56 Å². The van der Waals surface area contributed by atoms with Crippen molar-refractivity contribution >= 4 is 12.0 Å². The van der Waals surface area contributed by atoms with Crippen LogP contribution in [0.3, 0.4) is 0 Å². The third-order valence-corrected chi connectivity index (χ3v) is 5.69. The van der Waals surface area contributed by atoms with Gasteiger partial charge in [0, 0.05) is 31.7 Å². The minimum absolute atomic E-state index is 0.0707. The normalized spacial score (nSPS) is 20.3. The average Bonchev–Trinajstić information content (AvgIpc) is 2.77. The molecule has 2 aromatic rings. The number of carbonyl (C=O) groups excluding carboxylic acids is 1. The van der Waals surface area contributed by atoms with Gasteiger partial charge in [0.05, 0.1) is 12.6 Å². The molecular weight excluding hydrogens is 390 g/mol. The van der Waals surface area contributed by atoms with Gasteiger partial charge in [-0.2, -0.15) is 0 Å². The number of ether oxygens (including phenoxy) is 1. The van der Waals surface area contributed by atoms with E-state index in [1.807, 2.05) is 50.3 Å². The number of benzene rings is 1. The minimum atomic E-state index is -0.283. The van der Waals surface area contributed by atoms with Crippen molar-refractivity contribution in [2.75, 3.05) is 26.7 Å². The lowest BCUT2D eigenvalue weighted by atomic mass is 9.99. The number of carbonyl (C=O) groups is 1. The number of aliphatic hydroxyl groups is 1. The minimum Gasteiger partial charge on any atom is -0.472 e. The van der Waals surface area contributed by atoms with Crippen molar-refractivity contribution in [3.8, 4) is 5.88 Å². The summed E-state index contributed by atoms with van der Waals surface area (Å²) in [6, 6.07) is 11.9. The van der Waals surface area contributed by atoms with E-state index in [0.717, 1.165) is 12.1 Å². The van der Waals surface area contributed by atoms with Crippen LogP contribution in [-0.2, 0) is 6.54 Å². The van der Waals surface area contributed by atoms with Crippen LogP contribution in [0.15, 0.2) is 48.7 Å². The Morgan fingerprint density at radius 1 is 1.35 bits per heavy atom. The second-order valence-corrected chi connectivity index (χ2v) is 8.43. The largest absolute Gasteiger partial charge is 0.472 e. The first-order valence-corrected chi connectivity index (χ1v) is 10.9. The molecule has 6 nitrogen and oxygen atoms in total. The first-order chi connectivity index (χ1) is 14.9. The van der Waals surface area contributed by atoms with Crippen LogP contribution in [0.25, 0.3) is 6.08 Å². The summed E-state index contributed by atoms with van der Waals surface area (Å²) < 4.78 is 6.34. The van der Waals surface area contributed by atoms with Gasteiger partial charge in [0.15, 0.2) is 0 Å². The molecule has 0 saturated heterocycles. The summed E-state index contributed by atoms with van der Waals surface area (Å²) in [7, 11) is 2.07. The third kappa shape index (κ3) is 5.71. The number of likely N-dealkylation sites (N-methyl/N-ethyl adjacent to an activating group) is 1. The Hall–Kier alpha value is -2.70. The second-order valence-electron chi connectivity index (χ2n) is 8.43. The summed E-state index contributed by atoms with van der Waals surface area (Å²) in [5.74, 6) is 0.276. The topological polar surface area (TPSA) is 65.9 Å². The quantitative estimate of drug-likeness (QED) is 0.739. The number of hydrogen-bond donors (Lipinski definition) is 1. The van der Waals surface area contributed by atoms with E-state index in [1.54, 1.807) is 11.1 Å². The van der Waals surface area contributed by atoms with E-state index >= 15 is 0 Å². The van der Waals surface area contributed by atoms with Crippen LogP contribution in [0.1, 0.15) is 42.3 Å². The molecule has 0 saturated carbocycles.